The second-order valence-electron chi connectivity index (χ2n) is 9.18. The van der Waals surface area contributed by atoms with Crippen LogP contribution < -0.4 is 10.6 Å². The van der Waals surface area contributed by atoms with Crippen molar-refractivity contribution in [3.63, 3.8) is 0 Å². The Labute approximate surface area is 202 Å². The van der Waals surface area contributed by atoms with Crippen molar-refractivity contribution < 1.29 is 9.59 Å². The summed E-state index contributed by atoms with van der Waals surface area (Å²) < 4.78 is 0. The van der Waals surface area contributed by atoms with E-state index in [1.807, 2.05) is 36.4 Å². The number of fused-ring (bicyclic) bond motifs is 1. The lowest BCUT2D eigenvalue weighted by atomic mass is 10.0. The van der Waals surface area contributed by atoms with Gasteiger partial charge in [0.25, 0.3) is 5.91 Å². The van der Waals surface area contributed by atoms with Crippen molar-refractivity contribution in [3.8, 4) is 11.1 Å². The SMILES string of the molecule is O=C(Nc1ccc(CN2CCC2)nc1)c1n[nH]c2ccc(-c3cncc(NC(=O)C4CC4)c3)cc12. The third-order valence-corrected chi connectivity index (χ3v) is 6.48. The van der Waals surface area contributed by atoms with Gasteiger partial charge < -0.3 is 10.6 Å². The van der Waals surface area contributed by atoms with Crippen LogP contribution in [0.25, 0.3) is 22.0 Å². The minimum Gasteiger partial charge on any atom is -0.324 e. The summed E-state index contributed by atoms with van der Waals surface area (Å²) in [6.45, 7) is 3.06. The first kappa shape index (κ1) is 21.4. The number of aromatic amines is 1. The van der Waals surface area contributed by atoms with Crippen molar-refractivity contribution in [3.05, 3.63) is 66.4 Å². The molecule has 1 saturated heterocycles. The van der Waals surface area contributed by atoms with E-state index in [1.165, 1.54) is 6.42 Å². The molecule has 1 aliphatic carbocycles. The van der Waals surface area contributed by atoms with E-state index in [-0.39, 0.29) is 17.7 Å². The van der Waals surface area contributed by atoms with Gasteiger partial charge in [0.05, 0.1) is 35.0 Å². The molecular weight excluding hydrogens is 442 g/mol. The number of nitrogens with one attached hydrogen (secondary N) is 3. The summed E-state index contributed by atoms with van der Waals surface area (Å²) in [6, 6.07) is 11.4. The summed E-state index contributed by atoms with van der Waals surface area (Å²) in [5.41, 5.74) is 5.05. The Bertz CT molecular complexity index is 1410. The average molecular weight is 468 g/mol. The lowest BCUT2D eigenvalue weighted by molar-refractivity contribution is -0.117. The molecule has 0 radical (unpaired) electrons. The summed E-state index contributed by atoms with van der Waals surface area (Å²) in [5, 5.41) is 13.7. The standard InChI is InChI=1S/C26H25N7O2/c34-25(16-2-3-16)30-21-10-18(12-27-13-21)17-4-7-23-22(11-17)24(32-31-23)26(35)29-19-5-6-20(28-14-19)15-33-8-1-9-33/h4-7,10-14,16H,1-3,8-9,15H2,(H,29,35)(H,30,34)(H,31,32). The van der Waals surface area contributed by atoms with Crippen LogP contribution in [0.1, 0.15) is 35.4 Å². The van der Waals surface area contributed by atoms with Crippen LogP contribution in [0.4, 0.5) is 11.4 Å². The van der Waals surface area contributed by atoms with E-state index in [9.17, 15) is 9.59 Å². The minimum atomic E-state index is -0.311. The third-order valence-electron chi connectivity index (χ3n) is 6.48. The van der Waals surface area contributed by atoms with Crippen molar-refractivity contribution in [1.82, 2.24) is 25.1 Å². The molecule has 0 spiro atoms. The zero-order valence-electron chi connectivity index (χ0n) is 19.1. The number of H-pyrrole nitrogens is 1. The van der Waals surface area contributed by atoms with Gasteiger partial charge in [-0.25, -0.2) is 0 Å². The monoisotopic (exact) mass is 467 g/mol. The van der Waals surface area contributed by atoms with Crippen LogP contribution in [0.2, 0.25) is 0 Å². The Hall–Kier alpha value is -4.11. The predicted octanol–water partition coefficient (Wildman–Crippen LogP) is 3.83. The van der Waals surface area contributed by atoms with Crippen molar-refractivity contribution in [2.45, 2.75) is 25.8 Å². The van der Waals surface area contributed by atoms with Crippen molar-refractivity contribution in [2.75, 3.05) is 23.7 Å². The van der Waals surface area contributed by atoms with Gasteiger partial charge in [0.15, 0.2) is 5.69 Å². The van der Waals surface area contributed by atoms with E-state index < -0.39 is 0 Å². The molecule has 4 heterocycles. The Balaban J connectivity index is 1.20. The molecule has 35 heavy (non-hydrogen) atoms. The topological polar surface area (TPSA) is 116 Å². The highest BCUT2D eigenvalue weighted by Crippen LogP contribution is 2.31. The number of hydrogen-bond acceptors (Lipinski definition) is 6. The van der Waals surface area contributed by atoms with Gasteiger partial charge in [0.2, 0.25) is 5.91 Å². The second-order valence-corrected chi connectivity index (χ2v) is 9.18. The molecule has 0 bridgehead atoms. The molecule has 2 aliphatic rings. The van der Waals surface area contributed by atoms with Crippen molar-refractivity contribution in [1.29, 1.82) is 0 Å². The van der Waals surface area contributed by atoms with Crippen LogP contribution in [0.3, 0.4) is 0 Å². The highest BCUT2D eigenvalue weighted by atomic mass is 16.2. The predicted molar refractivity (Wildman–Crippen MR) is 133 cm³/mol. The van der Waals surface area contributed by atoms with Gasteiger partial charge >= 0.3 is 0 Å². The molecule has 2 fully saturated rings. The number of pyridine rings is 2. The zero-order chi connectivity index (χ0) is 23.8. The van der Waals surface area contributed by atoms with Gasteiger partial charge in [-0.2, -0.15) is 5.10 Å². The Kier molecular flexibility index (Phi) is 5.46. The fourth-order valence-corrected chi connectivity index (χ4v) is 4.17. The molecular formula is C26H25N7O2. The number of anilines is 2. The average Bonchev–Trinajstić information content (AvgIpc) is 3.61. The van der Waals surface area contributed by atoms with E-state index in [0.29, 0.717) is 22.5 Å². The van der Waals surface area contributed by atoms with Gasteiger partial charge in [-0.1, -0.05) is 6.07 Å². The maximum absolute atomic E-state index is 13.0. The number of nitrogens with zero attached hydrogens (tertiary/aromatic N) is 4. The summed E-state index contributed by atoms with van der Waals surface area (Å²) in [4.78, 5) is 36.2. The van der Waals surface area contributed by atoms with Crippen LogP contribution in [0, 0.1) is 5.92 Å². The first-order chi connectivity index (χ1) is 17.1. The number of carbonyl (C=O) groups is 2. The Morgan fingerprint density at radius 2 is 1.86 bits per heavy atom. The highest BCUT2D eigenvalue weighted by Gasteiger charge is 2.29. The largest absolute Gasteiger partial charge is 0.324 e. The molecule has 176 valence electrons. The molecule has 3 N–H and O–H groups in total. The molecule has 6 rings (SSSR count). The number of hydrogen-bond donors (Lipinski definition) is 3. The number of carbonyl (C=O) groups excluding carboxylic acids is 2. The van der Waals surface area contributed by atoms with Crippen LogP contribution >= 0.6 is 0 Å². The molecule has 0 unspecified atom stereocenters. The molecule has 4 aromatic rings. The van der Waals surface area contributed by atoms with E-state index in [1.54, 1.807) is 18.6 Å². The molecule has 1 aromatic carbocycles. The molecule has 1 aliphatic heterocycles. The van der Waals surface area contributed by atoms with Gasteiger partial charge in [0, 0.05) is 29.6 Å². The first-order valence-corrected chi connectivity index (χ1v) is 11.9. The van der Waals surface area contributed by atoms with Crippen molar-refractivity contribution >= 4 is 34.1 Å². The van der Waals surface area contributed by atoms with Crippen LogP contribution in [-0.2, 0) is 11.3 Å². The van der Waals surface area contributed by atoms with E-state index >= 15 is 0 Å². The number of amides is 2. The summed E-state index contributed by atoms with van der Waals surface area (Å²) >= 11 is 0. The highest BCUT2D eigenvalue weighted by molar-refractivity contribution is 6.11. The summed E-state index contributed by atoms with van der Waals surface area (Å²) in [7, 11) is 0. The number of likely N-dealkylation sites (tertiary alicyclic amines) is 1. The maximum atomic E-state index is 13.0. The fourth-order valence-electron chi connectivity index (χ4n) is 4.17. The summed E-state index contributed by atoms with van der Waals surface area (Å²) in [6.07, 6.45) is 8.19. The third kappa shape index (κ3) is 4.63. The number of aromatic nitrogens is 4. The van der Waals surface area contributed by atoms with Crippen molar-refractivity contribution in [2.24, 2.45) is 5.92 Å². The minimum absolute atomic E-state index is 0.0382. The van der Waals surface area contributed by atoms with Crippen LogP contribution in [0.15, 0.2) is 55.0 Å². The fraction of sp³-hybridized carbons (Fsp3) is 0.269. The zero-order valence-corrected chi connectivity index (χ0v) is 19.1. The molecule has 9 nitrogen and oxygen atoms in total. The first-order valence-electron chi connectivity index (χ1n) is 11.9. The molecule has 0 atom stereocenters. The lowest BCUT2D eigenvalue weighted by Crippen LogP contribution is -2.36. The second kappa shape index (κ2) is 8.92. The van der Waals surface area contributed by atoms with Gasteiger partial charge in [-0.15, -0.1) is 0 Å². The number of rotatable bonds is 7. The van der Waals surface area contributed by atoms with Gasteiger partial charge in [0.1, 0.15) is 0 Å². The number of benzene rings is 1. The molecule has 9 heteroatoms. The van der Waals surface area contributed by atoms with Crippen LogP contribution in [-0.4, -0.2) is 50.0 Å². The van der Waals surface area contributed by atoms with E-state index in [2.05, 4.69) is 35.7 Å². The lowest BCUT2D eigenvalue weighted by Gasteiger charge is -2.30. The van der Waals surface area contributed by atoms with Gasteiger partial charge in [-0.3, -0.25) is 29.6 Å². The molecule has 2 amide bonds. The van der Waals surface area contributed by atoms with Gasteiger partial charge in [-0.05, 0) is 68.2 Å². The smallest absolute Gasteiger partial charge is 0.276 e. The quantitative estimate of drug-likeness (QED) is 0.380. The normalized spacial score (nSPS) is 15.5. The molecule has 3 aromatic heterocycles. The van der Waals surface area contributed by atoms with E-state index in [4.69, 9.17) is 0 Å². The van der Waals surface area contributed by atoms with E-state index in [0.717, 1.165) is 54.8 Å². The summed E-state index contributed by atoms with van der Waals surface area (Å²) in [5.74, 6) is -0.153. The van der Waals surface area contributed by atoms with Crippen LogP contribution in [0.5, 0.6) is 0 Å². The Morgan fingerprint density at radius 3 is 2.60 bits per heavy atom. The Morgan fingerprint density at radius 1 is 0.971 bits per heavy atom. The molecule has 1 saturated carbocycles. The maximum Gasteiger partial charge on any atom is 0.276 e.